The normalized spacial score (nSPS) is 11.9. The van der Waals surface area contributed by atoms with Gasteiger partial charge in [0.2, 0.25) is 5.91 Å². The average molecular weight is 303 g/mol. The van der Waals surface area contributed by atoms with E-state index in [9.17, 15) is 22.8 Å². The number of anilines is 1. The molecule has 0 spiro atoms. The molecule has 0 radical (unpaired) electrons. The first-order valence-corrected chi connectivity index (χ1v) is 6.04. The van der Waals surface area contributed by atoms with E-state index in [0.29, 0.717) is 0 Å². The Hall–Kier alpha value is -2.25. The second-order valence-electron chi connectivity index (χ2n) is 5.13. The third kappa shape index (κ3) is 4.97. The Morgan fingerprint density at radius 3 is 2.10 bits per heavy atom. The van der Waals surface area contributed by atoms with Crippen molar-refractivity contribution in [1.82, 2.24) is 5.32 Å². The predicted octanol–water partition coefficient (Wildman–Crippen LogP) is 2.34. The molecule has 3 amide bonds. The minimum Gasteiger partial charge on any atom is -0.369 e. The van der Waals surface area contributed by atoms with Crippen molar-refractivity contribution < 1.29 is 22.8 Å². The molecule has 0 aliphatic heterocycles. The number of benzene rings is 1. The Kier molecular flexibility index (Phi) is 4.82. The van der Waals surface area contributed by atoms with E-state index in [1.807, 2.05) is 0 Å². The van der Waals surface area contributed by atoms with Crippen molar-refractivity contribution in [3.63, 3.8) is 0 Å². The molecule has 0 heterocycles. The van der Waals surface area contributed by atoms with Gasteiger partial charge in [0, 0.05) is 12.2 Å². The fourth-order valence-corrected chi connectivity index (χ4v) is 1.31. The number of nitrogens with two attached hydrogens (primary N) is 1. The topological polar surface area (TPSA) is 84.2 Å². The maximum absolute atomic E-state index is 12.4. The van der Waals surface area contributed by atoms with E-state index in [2.05, 4.69) is 10.6 Å². The highest BCUT2D eigenvalue weighted by Crippen LogP contribution is 2.29. The Morgan fingerprint density at radius 1 is 1.14 bits per heavy atom. The molecule has 0 bridgehead atoms. The molecular weight excluding hydrogens is 287 g/mol. The fraction of sp³-hybridized carbons (Fsp3) is 0.385. The summed E-state index contributed by atoms with van der Waals surface area (Å²) in [6.07, 6.45) is -4.42. The van der Waals surface area contributed by atoms with Gasteiger partial charge in [-0.2, -0.15) is 13.2 Å². The van der Waals surface area contributed by atoms with Gasteiger partial charge in [-0.1, -0.05) is 0 Å². The van der Waals surface area contributed by atoms with Crippen LogP contribution in [0.15, 0.2) is 24.3 Å². The lowest BCUT2D eigenvalue weighted by Gasteiger charge is -2.20. The number of alkyl halides is 3. The zero-order chi connectivity index (χ0) is 16.3. The van der Waals surface area contributed by atoms with Gasteiger partial charge < -0.3 is 16.4 Å². The Labute approximate surface area is 119 Å². The molecule has 0 unspecified atom stereocenters. The number of rotatable bonds is 4. The van der Waals surface area contributed by atoms with Crippen LogP contribution in [0.4, 0.5) is 23.7 Å². The van der Waals surface area contributed by atoms with Gasteiger partial charge in [0.05, 0.1) is 11.0 Å². The molecule has 0 atom stereocenters. The van der Waals surface area contributed by atoms with E-state index in [1.54, 1.807) is 13.8 Å². The highest BCUT2D eigenvalue weighted by Gasteiger charge is 2.30. The zero-order valence-corrected chi connectivity index (χ0v) is 11.5. The summed E-state index contributed by atoms with van der Waals surface area (Å²) in [6.45, 7) is 3.14. The van der Waals surface area contributed by atoms with Crippen molar-refractivity contribution in [1.29, 1.82) is 0 Å². The summed E-state index contributed by atoms with van der Waals surface area (Å²) in [7, 11) is 0. The quantitative estimate of drug-likeness (QED) is 0.797. The number of carbonyl (C=O) groups excluding carboxylic acids is 2. The van der Waals surface area contributed by atoms with Crippen LogP contribution in [0.25, 0.3) is 0 Å². The van der Waals surface area contributed by atoms with Gasteiger partial charge in [0.1, 0.15) is 0 Å². The first kappa shape index (κ1) is 16.8. The van der Waals surface area contributed by atoms with Crippen LogP contribution < -0.4 is 16.4 Å². The summed E-state index contributed by atoms with van der Waals surface area (Å²) in [4.78, 5) is 22.6. The lowest BCUT2D eigenvalue weighted by Crippen LogP contribution is -2.43. The molecule has 0 aromatic heterocycles. The molecule has 1 rings (SSSR count). The number of halogens is 3. The van der Waals surface area contributed by atoms with E-state index in [-0.39, 0.29) is 12.2 Å². The van der Waals surface area contributed by atoms with Gasteiger partial charge in [-0.25, -0.2) is 4.79 Å². The molecule has 0 saturated heterocycles. The van der Waals surface area contributed by atoms with Crippen LogP contribution in [0, 0.1) is 5.41 Å². The maximum Gasteiger partial charge on any atom is 0.416 e. The smallest absolute Gasteiger partial charge is 0.369 e. The summed E-state index contributed by atoms with van der Waals surface area (Å²) in [5, 5.41) is 4.79. The Balaban J connectivity index is 2.58. The molecule has 0 saturated carbocycles. The molecule has 21 heavy (non-hydrogen) atoms. The number of nitrogens with one attached hydrogen (secondary N) is 2. The molecule has 0 aliphatic rings. The van der Waals surface area contributed by atoms with E-state index < -0.39 is 29.1 Å². The Morgan fingerprint density at radius 2 is 1.67 bits per heavy atom. The van der Waals surface area contributed by atoms with Crippen molar-refractivity contribution in [3.05, 3.63) is 29.8 Å². The van der Waals surface area contributed by atoms with E-state index in [4.69, 9.17) is 5.73 Å². The van der Waals surface area contributed by atoms with Gasteiger partial charge in [0.25, 0.3) is 0 Å². The standard InChI is InChI=1S/C13H16F3N3O2/c1-12(2,10(17)20)7-18-11(21)19-9-5-3-8(4-6-9)13(14,15)16/h3-6H,7H2,1-2H3,(H2,17,20)(H2,18,19,21). The molecule has 4 N–H and O–H groups in total. The van der Waals surface area contributed by atoms with Crippen molar-refractivity contribution in [2.45, 2.75) is 20.0 Å². The summed E-state index contributed by atoms with van der Waals surface area (Å²) < 4.78 is 37.1. The van der Waals surface area contributed by atoms with E-state index in [0.717, 1.165) is 24.3 Å². The van der Waals surface area contributed by atoms with Gasteiger partial charge in [-0.3, -0.25) is 4.79 Å². The van der Waals surface area contributed by atoms with Crippen LogP contribution in [-0.2, 0) is 11.0 Å². The molecular formula is C13H16F3N3O2. The van der Waals surface area contributed by atoms with Crippen molar-refractivity contribution in [2.24, 2.45) is 11.1 Å². The van der Waals surface area contributed by atoms with Crippen LogP contribution in [0.2, 0.25) is 0 Å². The number of amides is 3. The van der Waals surface area contributed by atoms with Crippen LogP contribution in [0.5, 0.6) is 0 Å². The fourth-order valence-electron chi connectivity index (χ4n) is 1.31. The highest BCUT2D eigenvalue weighted by atomic mass is 19.4. The molecule has 8 heteroatoms. The highest BCUT2D eigenvalue weighted by molar-refractivity contribution is 5.90. The lowest BCUT2D eigenvalue weighted by atomic mass is 9.93. The molecule has 116 valence electrons. The van der Waals surface area contributed by atoms with Crippen molar-refractivity contribution in [3.8, 4) is 0 Å². The van der Waals surface area contributed by atoms with Crippen LogP contribution in [-0.4, -0.2) is 18.5 Å². The molecule has 0 fully saturated rings. The van der Waals surface area contributed by atoms with Gasteiger partial charge in [-0.15, -0.1) is 0 Å². The number of carbonyl (C=O) groups is 2. The summed E-state index contributed by atoms with van der Waals surface area (Å²) in [5.74, 6) is -0.572. The lowest BCUT2D eigenvalue weighted by molar-refractivity contribution is -0.137. The van der Waals surface area contributed by atoms with Gasteiger partial charge in [-0.05, 0) is 38.1 Å². The SMILES string of the molecule is CC(C)(CNC(=O)Nc1ccc(C(F)(F)F)cc1)C(N)=O. The van der Waals surface area contributed by atoms with Crippen molar-refractivity contribution in [2.75, 3.05) is 11.9 Å². The Bertz CT molecular complexity index is 524. The number of hydrogen-bond acceptors (Lipinski definition) is 2. The minimum atomic E-state index is -4.42. The van der Waals surface area contributed by atoms with Crippen LogP contribution >= 0.6 is 0 Å². The third-order valence-corrected chi connectivity index (χ3v) is 2.83. The third-order valence-electron chi connectivity index (χ3n) is 2.83. The summed E-state index contributed by atoms with van der Waals surface area (Å²) in [5.41, 5.74) is 3.63. The van der Waals surface area contributed by atoms with E-state index in [1.165, 1.54) is 0 Å². The first-order chi connectivity index (χ1) is 9.52. The predicted molar refractivity (Wildman–Crippen MR) is 71.4 cm³/mol. The van der Waals surface area contributed by atoms with Crippen LogP contribution in [0.1, 0.15) is 19.4 Å². The first-order valence-electron chi connectivity index (χ1n) is 6.04. The molecule has 5 nitrogen and oxygen atoms in total. The number of hydrogen-bond donors (Lipinski definition) is 3. The minimum absolute atomic E-state index is 0.00873. The second-order valence-corrected chi connectivity index (χ2v) is 5.13. The molecule has 1 aromatic carbocycles. The zero-order valence-electron chi connectivity index (χ0n) is 11.5. The molecule has 0 aliphatic carbocycles. The van der Waals surface area contributed by atoms with Crippen LogP contribution in [0.3, 0.4) is 0 Å². The summed E-state index contributed by atoms with van der Waals surface area (Å²) >= 11 is 0. The summed E-state index contributed by atoms with van der Waals surface area (Å²) in [6, 6.07) is 3.37. The number of urea groups is 1. The van der Waals surface area contributed by atoms with Gasteiger partial charge >= 0.3 is 12.2 Å². The van der Waals surface area contributed by atoms with Gasteiger partial charge in [0.15, 0.2) is 0 Å². The second kappa shape index (κ2) is 6.02. The largest absolute Gasteiger partial charge is 0.416 e. The average Bonchev–Trinajstić information content (AvgIpc) is 2.36. The maximum atomic E-state index is 12.4. The monoisotopic (exact) mass is 303 g/mol. The van der Waals surface area contributed by atoms with Crippen molar-refractivity contribution >= 4 is 17.6 Å². The number of primary amides is 1. The van der Waals surface area contributed by atoms with E-state index >= 15 is 0 Å². The molecule has 1 aromatic rings.